The van der Waals surface area contributed by atoms with Gasteiger partial charge in [0.1, 0.15) is 10.4 Å². The van der Waals surface area contributed by atoms with Crippen molar-refractivity contribution in [1.29, 1.82) is 0 Å². The molecule has 0 aliphatic carbocycles. The number of aromatic nitrogens is 1. The number of benzene rings is 1. The predicted molar refractivity (Wildman–Crippen MR) is 74.2 cm³/mol. The molecular weight excluding hydrogens is 312 g/mol. The largest absolute Gasteiger partial charge is 0.492 e. The first-order valence-electron chi connectivity index (χ1n) is 5.63. The van der Waals surface area contributed by atoms with Crippen molar-refractivity contribution in [2.75, 3.05) is 6.61 Å². The number of nitro benzene ring substituents is 1. The average molecular weight is 323 g/mol. The summed E-state index contributed by atoms with van der Waals surface area (Å²) >= 11 is 3.25. The number of halogens is 1. The molecule has 0 fully saturated rings. The fourth-order valence-electron chi connectivity index (χ4n) is 1.52. The van der Waals surface area contributed by atoms with Crippen LogP contribution in [-0.4, -0.2) is 16.5 Å². The summed E-state index contributed by atoms with van der Waals surface area (Å²) in [6.07, 6.45) is 2.33. The molecule has 1 heterocycles. The molecular formula is C13H11BrN2O3. The molecule has 2 aromatic rings. The van der Waals surface area contributed by atoms with Gasteiger partial charge in [-0.15, -0.1) is 0 Å². The lowest BCUT2D eigenvalue weighted by Crippen LogP contribution is -2.01. The molecule has 2 rings (SSSR count). The minimum Gasteiger partial charge on any atom is -0.492 e. The van der Waals surface area contributed by atoms with Gasteiger partial charge in [-0.25, -0.2) is 4.98 Å². The monoisotopic (exact) mass is 322 g/mol. The number of hydrogen-bond acceptors (Lipinski definition) is 4. The molecule has 0 saturated carbocycles. The van der Waals surface area contributed by atoms with E-state index in [9.17, 15) is 10.1 Å². The first kappa shape index (κ1) is 13.5. The molecule has 0 saturated heterocycles. The summed E-state index contributed by atoms with van der Waals surface area (Å²) in [7, 11) is 0. The van der Waals surface area contributed by atoms with E-state index >= 15 is 0 Å². The minimum atomic E-state index is -0.409. The van der Waals surface area contributed by atoms with Gasteiger partial charge in [0.2, 0.25) is 0 Å². The van der Waals surface area contributed by atoms with Crippen molar-refractivity contribution in [1.82, 2.24) is 4.98 Å². The zero-order valence-corrected chi connectivity index (χ0v) is 11.5. The van der Waals surface area contributed by atoms with Gasteiger partial charge in [-0.3, -0.25) is 10.1 Å². The van der Waals surface area contributed by atoms with Crippen LogP contribution in [-0.2, 0) is 6.42 Å². The van der Waals surface area contributed by atoms with Gasteiger partial charge in [-0.2, -0.15) is 0 Å². The predicted octanol–water partition coefficient (Wildman–Crippen LogP) is 3.37. The highest BCUT2D eigenvalue weighted by Gasteiger charge is 2.03. The van der Waals surface area contributed by atoms with Crippen LogP contribution in [0.2, 0.25) is 0 Å². The van der Waals surface area contributed by atoms with Crippen LogP contribution in [0.3, 0.4) is 0 Å². The van der Waals surface area contributed by atoms with Crippen LogP contribution in [0.15, 0.2) is 47.2 Å². The zero-order valence-electron chi connectivity index (χ0n) is 9.95. The van der Waals surface area contributed by atoms with Crippen LogP contribution in [0.5, 0.6) is 5.75 Å². The van der Waals surface area contributed by atoms with Gasteiger partial charge in [0, 0.05) is 18.6 Å². The van der Waals surface area contributed by atoms with E-state index in [1.54, 1.807) is 24.4 Å². The van der Waals surface area contributed by atoms with E-state index in [1.807, 2.05) is 6.07 Å². The Morgan fingerprint density at radius 1 is 1.21 bits per heavy atom. The molecule has 0 aliphatic heterocycles. The molecule has 6 heteroatoms. The second-order valence-corrected chi connectivity index (χ2v) is 4.65. The molecule has 1 aromatic carbocycles. The topological polar surface area (TPSA) is 65.3 Å². The molecule has 98 valence electrons. The highest BCUT2D eigenvalue weighted by atomic mass is 79.9. The summed E-state index contributed by atoms with van der Waals surface area (Å²) in [6.45, 7) is 0.501. The highest BCUT2D eigenvalue weighted by Crippen LogP contribution is 2.14. The Kier molecular flexibility index (Phi) is 4.46. The first-order valence-corrected chi connectivity index (χ1v) is 6.42. The maximum atomic E-state index is 10.5. The summed E-state index contributed by atoms with van der Waals surface area (Å²) in [5, 5.41) is 10.5. The Bertz CT molecular complexity index is 555. The molecule has 0 N–H and O–H groups in total. The number of rotatable bonds is 5. The molecule has 0 spiro atoms. The van der Waals surface area contributed by atoms with Crippen LogP contribution >= 0.6 is 15.9 Å². The van der Waals surface area contributed by atoms with Crippen LogP contribution in [0, 0.1) is 10.1 Å². The van der Waals surface area contributed by atoms with E-state index in [0.717, 1.165) is 10.2 Å². The Labute approximate surface area is 118 Å². The van der Waals surface area contributed by atoms with E-state index in [0.29, 0.717) is 18.8 Å². The summed E-state index contributed by atoms with van der Waals surface area (Å²) in [4.78, 5) is 14.2. The number of nitro groups is 1. The van der Waals surface area contributed by atoms with Gasteiger partial charge in [0.15, 0.2) is 0 Å². The summed E-state index contributed by atoms with van der Waals surface area (Å²) in [6, 6.07) is 10.1. The van der Waals surface area contributed by atoms with Gasteiger partial charge in [0.05, 0.1) is 17.7 Å². The molecule has 0 amide bonds. The number of pyridine rings is 1. The van der Waals surface area contributed by atoms with Gasteiger partial charge < -0.3 is 4.74 Å². The van der Waals surface area contributed by atoms with Crippen molar-refractivity contribution in [2.24, 2.45) is 0 Å². The third kappa shape index (κ3) is 4.03. The Hall–Kier alpha value is -1.95. The fraction of sp³-hybridized carbons (Fsp3) is 0.154. The molecule has 0 atom stereocenters. The summed E-state index contributed by atoms with van der Waals surface area (Å²) in [5.41, 5.74) is 1.09. The smallest absolute Gasteiger partial charge is 0.269 e. The Morgan fingerprint density at radius 2 is 1.95 bits per heavy atom. The van der Waals surface area contributed by atoms with Gasteiger partial charge >= 0.3 is 0 Å². The van der Waals surface area contributed by atoms with Crippen molar-refractivity contribution in [3.05, 3.63) is 62.9 Å². The fourth-order valence-corrected chi connectivity index (χ4v) is 1.75. The third-order valence-electron chi connectivity index (χ3n) is 2.51. The average Bonchev–Trinajstić information content (AvgIpc) is 2.41. The van der Waals surface area contributed by atoms with Crippen molar-refractivity contribution in [2.45, 2.75) is 6.42 Å². The highest BCUT2D eigenvalue weighted by molar-refractivity contribution is 9.10. The molecule has 19 heavy (non-hydrogen) atoms. The van der Waals surface area contributed by atoms with Crippen molar-refractivity contribution in [3.8, 4) is 5.75 Å². The summed E-state index contributed by atoms with van der Waals surface area (Å²) < 4.78 is 6.28. The number of ether oxygens (including phenoxy) is 1. The number of nitrogens with zero attached hydrogens (tertiary/aromatic N) is 2. The Morgan fingerprint density at radius 3 is 2.53 bits per heavy atom. The molecule has 0 aliphatic rings. The van der Waals surface area contributed by atoms with Gasteiger partial charge in [-0.1, -0.05) is 12.1 Å². The van der Waals surface area contributed by atoms with Crippen molar-refractivity contribution < 1.29 is 9.66 Å². The maximum Gasteiger partial charge on any atom is 0.269 e. The van der Waals surface area contributed by atoms with Crippen LogP contribution in [0.1, 0.15) is 5.56 Å². The second-order valence-electron chi connectivity index (χ2n) is 3.84. The van der Waals surface area contributed by atoms with Gasteiger partial charge in [0.25, 0.3) is 5.69 Å². The Balaban J connectivity index is 1.85. The van der Waals surface area contributed by atoms with E-state index in [2.05, 4.69) is 20.9 Å². The van der Waals surface area contributed by atoms with Crippen molar-refractivity contribution in [3.63, 3.8) is 0 Å². The number of hydrogen-bond donors (Lipinski definition) is 0. The van der Waals surface area contributed by atoms with Crippen molar-refractivity contribution >= 4 is 21.6 Å². The number of non-ortho nitro benzene ring substituents is 1. The van der Waals surface area contributed by atoms with Gasteiger partial charge in [-0.05, 0) is 33.6 Å². The minimum absolute atomic E-state index is 0.0989. The molecule has 0 unspecified atom stereocenters. The zero-order chi connectivity index (χ0) is 13.7. The maximum absolute atomic E-state index is 10.5. The van der Waals surface area contributed by atoms with E-state index in [-0.39, 0.29) is 5.69 Å². The van der Waals surface area contributed by atoms with Crippen LogP contribution in [0.4, 0.5) is 5.69 Å². The molecule has 5 nitrogen and oxygen atoms in total. The standard InChI is InChI=1S/C13H11BrN2O3/c14-13-6-5-12(9-15-13)19-8-7-10-1-3-11(4-2-10)16(17)18/h1-6,9H,7-8H2. The third-order valence-corrected chi connectivity index (χ3v) is 2.98. The van der Waals surface area contributed by atoms with Crippen LogP contribution in [0.25, 0.3) is 0 Å². The quantitative estimate of drug-likeness (QED) is 0.481. The second kappa shape index (κ2) is 6.29. The summed E-state index contributed by atoms with van der Waals surface area (Å²) in [5.74, 6) is 0.699. The normalized spacial score (nSPS) is 10.2. The molecule has 1 aromatic heterocycles. The lowest BCUT2D eigenvalue weighted by atomic mass is 10.1. The lowest BCUT2D eigenvalue weighted by Gasteiger charge is -2.05. The van der Waals surface area contributed by atoms with E-state index in [1.165, 1.54) is 12.1 Å². The lowest BCUT2D eigenvalue weighted by molar-refractivity contribution is -0.384. The van der Waals surface area contributed by atoms with E-state index < -0.39 is 4.92 Å². The first-order chi connectivity index (χ1) is 9.15. The van der Waals surface area contributed by atoms with Crippen LogP contribution < -0.4 is 4.74 Å². The molecule has 0 bridgehead atoms. The van der Waals surface area contributed by atoms with E-state index in [4.69, 9.17) is 4.74 Å². The molecule has 0 radical (unpaired) electrons. The SMILES string of the molecule is O=[N+]([O-])c1ccc(CCOc2ccc(Br)nc2)cc1.